The van der Waals surface area contributed by atoms with Gasteiger partial charge in [0.25, 0.3) is 15.9 Å². The van der Waals surface area contributed by atoms with Crippen LogP contribution in [0.3, 0.4) is 0 Å². The van der Waals surface area contributed by atoms with Gasteiger partial charge in [0, 0.05) is 6.54 Å². The van der Waals surface area contributed by atoms with Crippen LogP contribution in [0.4, 0.5) is 11.4 Å². The van der Waals surface area contributed by atoms with Crippen molar-refractivity contribution >= 4 is 33.2 Å². The number of sulfonamides is 1. The molecular weight excluding hydrogens is 578 g/mol. The van der Waals surface area contributed by atoms with Gasteiger partial charge in [0.15, 0.2) is 11.5 Å². The van der Waals surface area contributed by atoms with E-state index < -0.39 is 22.5 Å². The second kappa shape index (κ2) is 14.6. The smallest absolute Gasteiger partial charge is 0.264 e. The van der Waals surface area contributed by atoms with Crippen molar-refractivity contribution in [1.29, 1.82) is 0 Å². The highest BCUT2D eigenvalue weighted by Gasteiger charge is 2.27. The fourth-order valence-corrected chi connectivity index (χ4v) is 6.06. The molecule has 0 radical (unpaired) electrons. The van der Waals surface area contributed by atoms with Crippen LogP contribution in [0.5, 0.6) is 11.5 Å². The maximum atomic E-state index is 13.7. The predicted molar refractivity (Wildman–Crippen MR) is 172 cm³/mol. The molecule has 2 N–H and O–H groups in total. The van der Waals surface area contributed by atoms with Gasteiger partial charge in [-0.3, -0.25) is 13.9 Å². The largest absolute Gasteiger partial charge is 0.493 e. The molecule has 4 rings (SSSR count). The SMILES string of the molecule is COc1ccc(CCNC(=O)c2ccccc2NC(=O)CN(c2ccc(C(C)C)cc2)S(=O)(=O)c2ccccc2)cc1OC. The van der Waals surface area contributed by atoms with Gasteiger partial charge in [-0.1, -0.05) is 62.4 Å². The van der Waals surface area contributed by atoms with E-state index in [0.717, 1.165) is 15.4 Å². The molecule has 0 unspecified atom stereocenters. The molecule has 0 saturated heterocycles. The van der Waals surface area contributed by atoms with Crippen LogP contribution in [0.1, 0.15) is 41.3 Å². The Morgan fingerprint density at radius 3 is 2.14 bits per heavy atom. The number of para-hydroxylation sites is 1. The van der Waals surface area contributed by atoms with Gasteiger partial charge < -0.3 is 20.1 Å². The van der Waals surface area contributed by atoms with Crippen LogP contribution in [-0.4, -0.2) is 47.5 Å². The minimum atomic E-state index is -4.07. The van der Waals surface area contributed by atoms with Crippen molar-refractivity contribution < 1.29 is 27.5 Å². The summed E-state index contributed by atoms with van der Waals surface area (Å²) in [5.41, 5.74) is 2.88. The lowest BCUT2D eigenvalue weighted by atomic mass is 10.0. The maximum absolute atomic E-state index is 13.7. The first kappa shape index (κ1) is 32.1. The summed E-state index contributed by atoms with van der Waals surface area (Å²) in [4.78, 5) is 26.6. The zero-order valence-corrected chi connectivity index (χ0v) is 26.1. The molecular formula is C34H37N3O6S. The van der Waals surface area contributed by atoms with Crippen LogP contribution >= 0.6 is 0 Å². The summed E-state index contributed by atoms with van der Waals surface area (Å²) in [6.07, 6.45) is 0.544. The van der Waals surface area contributed by atoms with E-state index in [1.54, 1.807) is 74.9 Å². The number of nitrogens with one attached hydrogen (secondary N) is 2. The molecule has 0 aliphatic heterocycles. The van der Waals surface area contributed by atoms with Crippen molar-refractivity contribution in [2.75, 3.05) is 36.9 Å². The first-order valence-corrected chi connectivity index (χ1v) is 15.6. The van der Waals surface area contributed by atoms with Crippen LogP contribution in [-0.2, 0) is 21.2 Å². The van der Waals surface area contributed by atoms with E-state index in [9.17, 15) is 18.0 Å². The van der Waals surface area contributed by atoms with Gasteiger partial charge in [0.2, 0.25) is 5.91 Å². The zero-order valence-electron chi connectivity index (χ0n) is 25.2. The second-order valence-electron chi connectivity index (χ2n) is 10.4. The third-order valence-corrected chi connectivity index (χ3v) is 8.85. The standard InChI is InChI=1S/C34H37N3O6S/c1-24(2)26-15-17-27(18-16-26)37(44(40,41)28-10-6-5-7-11-28)23-33(38)36-30-13-9-8-12-29(30)34(39)35-21-20-25-14-19-31(42-3)32(22-25)43-4/h5-19,22,24H,20-21,23H2,1-4H3,(H,35,39)(H,36,38). The Morgan fingerprint density at radius 1 is 0.818 bits per heavy atom. The first-order valence-electron chi connectivity index (χ1n) is 14.2. The van der Waals surface area contributed by atoms with Crippen molar-refractivity contribution in [3.8, 4) is 11.5 Å². The highest BCUT2D eigenvalue weighted by atomic mass is 32.2. The lowest BCUT2D eigenvalue weighted by Gasteiger charge is -2.25. The van der Waals surface area contributed by atoms with E-state index >= 15 is 0 Å². The number of amides is 2. The summed E-state index contributed by atoms with van der Waals surface area (Å²) in [6, 6.07) is 27.2. The molecule has 44 heavy (non-hydrogen) atoms. The molecule has 0 aromatic heterocycles. The molecule has 4 aromatic carbocycles. The molecule has 0 fully saturated rings. The fraction of sp³-hybridized carbons (Fsp3) is 0.235. The Morgan fingerprint density at radius 2 is 1.48 bits per heavy atom. The Balaban J connectivity index is 1.49. The average Bonchev–Trinajstić information content (AvgIpc) is 3.04. The molecule has 0 aliphatic carbocycles. The molecule has 0 aliphatic rings. The molecule has 0 saturated carbocycles. The van der Waals surface area contributed by atoms with Gasteiger partial charge in [0.1, 0.15) is 6.54 Å². The summed E-state index contributed by atoms with van der Waals surface area (Å²) in [5, 5.41) is 5.63. The Hall–Kier alpha value is -4.83. The van der Waals surface area contributed by atoms with E-state index in [-0.39, 0.29) is 28.0 Å². The number of hydrogen-bond acceptors (Lipinski definition) is 6. The first-order chi connectivity index (χ1) is 21.1. The van der Waals surface area contributed by atoms with Crippen molar-refractivity contribution in [1.82, 2.24) is 5.32 Å². The summed E-state index contributed by atoms with van der Waals surface area (Å²) >= 11 is 0. The third kappa shape index (κ3) is 7.76. The Bertz CT molecular complexity index is 1690. The van der Waals surface area contributed by atoms with Gasteiger partial charge >= 0.3 is 0 Å². The lowest BCUT2D eigenvalue weighted by Crippen LogP contribution is -2.38. The number of anilines is 2. The van der Waals surface area contributed by atoms with Crippen LogP contribution in [0, 0.1) is 0 Å². The molecule has 9 nitrogen and oxygen atoms in total. The predicted octanol–water partition coefficient (Wildman–Crippen LogP) is 5.63. The van der Waals surface area contributed by atoms with Gasteiger partial charge in [-0.15, -0.1) is 0 Å². The van der Waals surface area contributed by atoms with Crippen molar-refractivity contribution in [3.05, 3.63) is 114 Å². The normalized spacial score (nSPS) is 11.1. The average molecular weight is 616 g/mol. The summed E-state index contributed by atoms with van der Waals surface area (Å²) in [7, 11) is -0.942. The number of nitrogens with zero attached hydrogens (tertiary/aromatic N) is 1. The van der Waals surface area contributed by atoms with Gasteiger partial charge in [0.05, 0.1) is 36.1 Å². The maximum Gasteiger partial charge on any atom is 0.264 e. The quantitative estimate of drug-likeness (QED) is 0.201. The van der Waals surface area contributed by atoms with E-state index in [1.807, 2.05) is 38.1 Å². The van der Waals surface area contributed by atoms with Crippen molar-refractivity contribution in [2.24, 2.45) is 0 Å². The molecule has 0 heterocycles. The zero-order chi connectivity index (χ0) is 31.7. The van der Waals surface area contributed by atoms with Crippen molar-refractivity contribution in [2.45, 2.75) is 31.1 Å². The van der Waals surface area contributed by atoms with Gasteiger partial charge in [-0.05, 0) is 72.0 Å². The van der Waals surface area contributed by atoms with E-state index in [4.69, 9.17) is 9.47 Å². The van der Waals surface area contributed by atoms with E-state index in [1.165, 1.54) is 12.1 Å². The molecule has 0 atom stereocenters. The number of methoxy groups -OCH3 is 2. The topological polar surface area (TPSA) is 114 Å². The highest BCUT2D eigenvalue weighted by molar-refractivity contribution is 7.92. The highest BCUT2D eigenvalue weighted by Crippen LogP contribution is 2.28. The van der Waals surface area contributed by atoms with Crippen LogP contribution < -0.4 is 24.4 Å². The van der Waals surface area contributed by atoms with Crippen LogP contribution in [0.15, 0.2) is 102 Å². The van der Waals surface area contributed by atoms with Gasteiger partial charge in [-0.25, -0.2) is 8.42 Å². The Kier molecular flexibility index (Phi) is 10.6. The minimum absolute atomic E-state index is 0.0648. The summed E-state index contributed by atoms with van der Waals surface area (Å²) in [5.74, 6) is 0.506. The summed E-state index contributed by atoms with van der Waals surface area (Å²) in [6.45, 7) is 3.94. The molecule has 10 heteroatoms. The second-order valence-corrected chi connectivity index (χ2v) is 12.2. The van der Waals surface area contributed by atoms with Crippen LogP contribution in [0.2, 0.25) is 0 Å². The van der Waals surface area contributed by atoms with Gasteiger partial charge in [-0.2, -0.15) is 0 Å². The number of carbonyl (C=O) groups excluding carboxylic acids is 2. The number of carbonyl (C=O) groups is 2. The molecule has 2 amide bonds. The van der Waals surface area contributed by atoms with E-state index in [2.05, 4.69) is 10.6 Å². The molecule has 4 aromatic rings. The number of ether oxygens (including phenoxy) is 2. The van der Waals surface area contributed by atoms with Crippen LogP contribution in [0.25, 0.3) is 0 Å². The third-order valence-electron chi connectivity index (χ3n) is 7.06. The van der Waals surface area contributed by atoms with Crippen molar-refractivity contribution in [3.63, 3.8) is 0 Å². The van der Waals surface area contributed by atoms with E-state index in [0.29, 0.717) is 30.2 Å². The monoisotopic (exact) mass is 615 g/mol. The molecule has 230 valence electrons. The number of hydrogen-bond donors (Lipinski definition) is 2. The summed E-state index contributed by atoms with van der Waals surface area (Å²) < 4.78 is 39.1. The molecule has 0 spiro atoms. The molecule has 0 bridgehead atoms. The lowest BCUT2D eigenvalue weighted by molar-refractivity contribution is -0.114. The minimum Gasteiger partial charge on any atom is -0.493 e. The fourth-order valence-electron chi connectivity index (χ4n) is 4.62. The number of rotatable bonds is 13. The Labute approximate surface area is 258 Å². The number of benzene rings is 4.